The molecule has 1 aliphatic heterocycles. The van der Waals surface area contributed by atoms with Gasteiger partial charge in [0.25, 0.3) is 0 Å². The summed E-state index contributed by atoms with van der Waals surface area (Å²) < 4.78 is 7.60. The first-order valence-corrected chi connectivity index (χ1v) is 7.68. The molecule has 4 rings (SSSR count). The van der Waals surface area contributed by atoms with E-state index in [1.54, 1.807) is 7.11 Å². The molecule has 0 unspecified atom stereocenters. The van der Waals surface area contributed by atoms with E-state index in [0.717, 1.165) is 43.1 Å². The first kappa shape index (κ1) is 13.2. The molecule has 4 heteroatoms. The minimum Gasteiger partial charge on any atom is -0.497 e. The number of aryl methyl sites for hydroxylation is 1. The van der Waals surface area contributed by atoms with Crippen LogP contribution in [0.4, 0.5) is 5.69 Å². The maximum atomic E-state index is 5.24. The normalized spacial score (nSPS) is 14.7. The first-order chi connectivity index (χ1) is 10.8. The van der Waals surface area contributed by atoms with Gasteiger partial charge in [-0.3, -0.25) is 0 Å². The second-order valence-electron chi connectivity index (χ2n) is 5.64. The summed E-state index contributed by atoms with van der Waals surface area (Å²) in [4.78, 5) is 7.21. The monoisotopic (exact) mass is 293 g/mol. The molecule has 0 saturated carbocycles. The Bertz CT molecular complexity index is 792. The molecular weight excluding hydrogens is 274 g/mol. The number of nitrogens with zero attached hydrogens (tertiary/aromatic N) is 3. The van der Waals surface area contributed by atoms with Crippen LogP contribution >= 0.6 is 0 Å². The van der Waals surface area contributed by atoms with E-state index < -0.39 is 0 Å². The van der Waals surface area contributed by atoms with Gasteiger partial charge in [0.15, 0.2) is 0 Å². The number of methoxy groups -OCH3 is 1. The van der Waals surface area contributed by atoms with Crippen LogP contribution in [0.5, 0.6) is 5.75 Å². The van der Waals surface area contributed by atoms with Gasteiger partial charge in [0, 0.05) is 18.8 Å². The highest BCUT2D eigenvalue weighted by molar-refractivity contribution is 5.76. The Morgan fingerprint density at radius 3 is 2.64 bits per heavy atom. The van der Waals surface area contributed by atoms with Crippen molar-refractivity contribution in [2.24, 2.45) is 0 Å². The van der Waals surface area contributed by atoms with Crippen molar-refractivity contribution in [2.75, 3.05) is 18.6 Å². The fraction of sp³-hybridized carbons (Fsp3) is 0.278. The number of aromatic nitrogens is 2. The Balaban J connectivity index is 1.69. The number of anilines is 1. The predicted molar refractivity (Wildman–Crippen MR) is 88.4 cm³/mol. The molecule has 2 heterocycles. The summed E-state index contributed by atoms with van der Waals surface area (Å²) in [6.45, 7) is 2.92. The molecule has 1 aliphatic rings. The molecule has 0 spiro atoms. The van der Waals surface area contributed by atoms with Crippen molar-refractivity contribution in [1.82, 2.24) is 9.55 Å². The van der Waals surface area contributed by atoms with E-state index in [-0.39, 0.29) is 0 Å². The van der Waals surface area contributed by atoms with Crippen LogP contribution in [-0.2, 0) is 13.1 Å². The SMILES string of the molecule is COc1ccc(N2CCCn3c(nc4ccccc43)C2)cc1. The molecule has 0 atom stereocenters. The third-order valence-electron chi connectivity index (χ3n) is 4.31. The van der Waals surface area contributed by atoms with Crippen LogP contribution in [0.1, 0.15) is 12.2 Å². The summed E-state index contributed by atoms with van der Waals surface area (Å²) in [7, 11) is 1.70. The molecule has 4 nitrogen and oxygen atoms in total. The molecule has 0 bridgehead atoms. The lowest BCUT2D eigenvalue weighted by Gasteiger charge is -2.22. The third-order valence-corrected chi connectivity index (χ3v) is 4.31. The lowest BCUT2D eigenvalue weighted by molar-refractivity contribution is 0.415. The maximum Gasteiger partial charge on any atom is 0.129 e. The van der Waals surface area contributed by atoms with Gasteiger partial charge in [0.1, 0.15) is 11.6 Å². The number of imidazole rings is 1. The zero-order chi connectivity index (χ0) is 14.9. The fourth-order valence-electron chi connectivity index (χ4n) is 3.18. The lowest BCUT2D eigenvalue weighted by atomic mass is 10.2. The Labute approximate surface area is 130 Å². The van der Waals surface area contributed by atoms with Crippen molar-refractivity contribution in [1.29, 1.82) is 0 Å². The van der Waals surface area contributed by atoms with E-state index in [1.807, 2.05) is 12.1 Å². The Morgan fingerprint density at radius 2 is 1.82 bits per heavy atom. The number of hydrogen-bond acceptors (Lipinski definition) is 3. The van der Waals surface area contributed by atoms with Gasteiger partial charge in [-0.05, 0) is 42.8 Å². The molecule has 2 aromatic carbocycles. The van der Waals surface area contributed by atoms with E-state index in [0.29, 0.717) is 0 Å². The van der Waals surface area contributed by atoms with Gasteiger partial charge in [0.2, 0.25) is 0 Å². The summed E-state index contributed by atoms with van der Waals surface area (Å²) in [5.41, 5.74) is 3.56. The van der Waals surface area contributed by atoms with Crippen molar-refractivity contribution in [3.8, 4) is 5.75 Å². The average molecular weight is 293 g/mol. The summed E-state index contributed by atoms with van der Waals surface area (Å²) in [5, 5.41) is 0. The quantitative estimate of drug-likeness (QED) is 0.725. The van der Waals surface area contributed by atoms with Crippen molar-refractivity contribution in [3.63, 3.8) is 0 Å². The number of hydrogen-bond donors (Lipinski definition) is 0. The minimum absolute atomic E-state index is 0.848. The number of fused-ring (bicyclic) bond motifs is 3. The highest BCUT2D eigenvalue weighted by Crippen LogP contribution is 2.25. The number of ether oxygens (including phenoxy) is 1. The molecule has 0 N–H and O–H groups in total. The Hall–Kier alpha value is -2.49. The third kappa shape index (κ3) is 2.21. The van der Waals surface area contributed by atoms with Gasteiger partial charge in [-0.25, -0.2) is 4.98 Å². The standard InChI is InChI=1S/C18H19N3O/c1-22-15-9-7-14(8-10-15)20-11-4-12-21-17-6-3-2-5-16(17)19-18(21)13-20/h2-3,5-10H,4,11-13H2,1H3. The summed E-state index contributed by atoms with van der Waals surface area (Å²) in [6.07, 6.45) is 1.12. The van der Waals surface area contributed by atoms with Crippen molar-refractivity contribution < 1.29 is 4.74 Å². The highest BCUT2D eigenvalue weighted by atomic mass is 16.5. The second kappa shape index (κ2) is 5.37. The maximum absolute atomic E-state index is 5.24. The van der Waals surface area contributed by atoms with Crippen molar-refractivity contribution in [2.45, 2.75) is 19.5 Å². The smallest absolute Gasteiger partial charge is 0.129 e. The van der Waals surface area contributed by atoms with E-state index in [1.165, 1.54) is 11.2 Å². The highest BCUT2D eigenvalue weighted by Gasteiger charge is 2.18. The molecule has 0 saturated heterocycles. The van der Waals surface area contributed by atoms with Crippen LogP contribution in [0.2, 0.25) is 0 Å². The van der Waals surface area contributed by atoms with Crippen LogP contribution in [0.15, 0.2) is 48.5 Å². The zero-order valence-corrected chi connectivity index (χ0v) is 12.7. The van der Waals surface area contributed by atoms with Crippen LogP contribution in [0, 0.1) is 0 Å². The molecule has 112 valence electrons. The van der Waals surface area contributed by atoms with Crippen LogP contribution in [0.3, 0.4) is 0 Å². The van der Waals surface area contributed by atoms with Gasteiger partial charge >= 0.3 is 0 Å². The summed E-state index contributed by atoms with van der Waals surface area (Å²) in [6, 6.07) is 16.7. The summed E-state index contributed by atoms with van der Waals surface area (Å²) in [5.74, 6) is 2.04. The van der Waals surface area contributed by atoms with E-state index in [4.69, 9.17) is 9.72 Å². The van der Waals surface area contributed by atoms with Gasteiger partial charge in [-0.1, -0.05) is 12.1 Å². The van der Waals surface area contributed by atoms with E-state index >= 15 is 0 Å². The fourth-order valence-corrected chi connectivity index (χ4v) is 3.18. The predicted octanol–water partition coefficient (Wildman–Crippen LogP) is 3.46. The van der Waals surface area contributed by atoms with Crippen LogP contribution < -0.4 is 9.64 Å². The largest absolute Gasteiger partial charge is 0.497 e. The van der Waals surface area contributed by atoms with Crippen LogP contribution in [0.25, 0.3) is 11.0 Å². The molecule has 0 radical (unpaired) electrons. The topological polar surface area (TPSA) is 30.3 Å². The Morgan fingerprint density at radius 1 is 1.00 bits per heavy atom. The van der Waals surface area contributed by atoms with Gasteiger partial charge in [-0.2, -0.15) is 0 Å². The molecule has 0 amide bonds. The van der Waals surface area contributed by atoms with Crippen molar-refractivity contribution >= 4 is 16.7 Å². The number of rotatable bonds is 2. The Kier molecular flexibility index (Phi) is 3.22. The van der Waals surface area contributed by atoms with E-state index in [9.17, 15) is 0 Å². The minimum atomic E-state index is 0.848. The average Bonchev–Trinajstić information content (AvgIpc) is 2.78. The van der Waals surface area contributed by atoms with Crippen molar-refractivity contribution in [3.05, 3.63) is 54.4 Å². The first-order valence-electron chi connectivity index (χ1n) is 7.68. The number of para-hydroxylation sites is 2. The molecule has 1 aromatic heterocycles. The van der Waals surface area contributed by atoms with E-state index in [2.05, 4.69) is 45.9 Å². The van der Waals surface area contributed by atoms with Gasteiger partial charge < -0.3 is 14.2 Å². The summed E-state index contributed by atoms with van der Waals surface area (Å²) >= 11 is 0. The number of benzene rings is 2. The molecule has 3 aromatic rings. The zero-order valence-electron chi connectivity index (χ0n) is 12.7. The molecule has 22 heavy (non-hydrogen) atoms. The van der Waals surface area contributed by atoms with Gasteiger partial charge in [-0.15, -0.1) is 0 Å². The van der Waals surface area contributed by atoms with Gasteiger partial charge in [0.05, 0.1) is 24.7 Å². The molecule has 0 aliphatic carbocycles. The van der Waals surface area contributed by atoms with Crippen LogP contribution in [-0.4, -0.2) is 23.2 Å². The lowest BCUT2D eigenvalue weighted by Crippen LogP contribution is -2.22. The molecular formula is C18H19N3O. The molecule has 0 fully saturated rings. The second-order valence-corrected chi connectivity index (χ2v) is 5.64.